The number of rotatable bonds is 10. The molecule has 1 unspecified atom stereocenters. The first-order valence-corrected chi connectivity index (χ1v) is 8.42. The summed E-state index contributed by atoms with van der Waals surface area (Å²) in [4.78, 5) is 20.0. The average molecular weight is 311 g/mol. The first-order chi connectivity index (χ1) is 10.0. The van der Waals surface area contributed by atoms with Crippen molar-refractivity contribution in [3.63, 3.8) is 0 Å². The van der Waals surface area contributed by atoms with Gasteiger partial charge in [0.1, 0.15) is 5.54 Å². The van der Waals surface area contributed by atoms with Crippen LogP contribution >= 0.6 is 11.8 Å². The third kappa shape index (κ3) is 5.63. The maximum absolute atomic E-state index is 11.6. The van der Waals surface area contributed by atoms with Crippen molar-refractivity contribution in [1.82, 2.24) is 15.3 Å². The molecule has 0 aromatic carbocycles. The highest BCUT2D eigenvalue weighted by Gasteiger charge is 2.35. The molecule has 118 valence electrons. The summed E-state index contributed by atoms with van der Waals surface area (Å²) >= 11 is 1.57. The van der Waals surface area contributed by atoms with Gasteiger partial charge < -0.3 is 10.4 Å². The van der Waals surface area contributed by atoms with Gasteiger partial charge in [-0.2, -0.15) is 0 Å². The first-order valence-electron chi connectivity index (χ1n) is 7.44. The molecule has 2 N–H and O–H groups in total. The predicted octanol–water partition coefficient (Wildman–Crippen LogP) is 2.89. The number of aryl methyl sites for hydroxylation is 1. The van der Waals surface area contributed by atoms with Crippen molar-refractivity contribution in [3.05, 3.63) is 18.0 Å². The fraction of sp³-hybridized carbons (Fsp3) is 0.667. The smallest absolute Gasteiger partial charge is 0.323 e. The Balaban J connectivity index is 2.46. The molecular weight excluding hydrogens is 286 g/mol. The minimum atomic E-state index is -0.801. The summed E-state index contributed by atoms with van der Waals surface area (Å²) in [6.45, 7) is 6.65. The van der Waals surface area contributed by atoms with E-state index in [0.29, 0.717) is 12.8 Å². The molecule has 0 saturated heterocycles. The summed E-state index contributed by atoms with van der Waals surface area (Å²) in [6, 6.07) is 0. The Morgan fingerprint density at radius 2 is 2.05 bits per heavy atom. The molecule has 0 spiro atoms. The van der Waals surface area contributed by atoms with Crippen molar-refractivity contribution < 1.29 is 9.90 Å². The van der Waals surface area contributed by atoms with Crippen LogP contribution in [0.1, 0.15) is 45.1 Å². The minimum absolute atomic E-state index is 0.591. The van der Waals surface area contributed by atoms with E-state index in [1.807, 2.05) is 20.8 Å². The molecule has 6 heteroatoms. The number of carboxylic acid groups (broad SMARTS) is 1. The van der Waals surface area contributed by atoms with Gasteiger partial charge in [0.15, 0.2) is 5.16 Å². The van der Waals surface area contributed by atoms with Crippen LogP contribution in [-0.4, -0.2) is 38.9 Å². The third-order valence-corrected chi connectivity index (χ3v) is 4.42. The second kappa shape index (κ2) is 9.00. The van der Waals surface area contributed by atoms with Crippen LogP contribution in [0.15, 0.2) is 17.6 Å². The zero-order valence-corrected chi connectivity index (χ0v) is 13.9. The first kappa shape index (κ1) is 17.9. The fourth-order valence-corrected chi connectivity index (χ4v) is 2.81. The van der Waals surface area contributed by atoms with Crippen molar-refractivity contribution in [2.75, 3.05) is 12.3 Å². The van der Waals surface area contributed by atoms with E-state index >= 15 is 0 Å². The number of aromatic nitrogens is 2. The van der Waals surface area contributed by atoms with Crippen molar-refractivity contribution >= 4 is 17.7 Å². The summed E-state index contributed by atoms with van der Waals surface area (Å²) in [5.41, 5.74) is 0.240. The van der Waals surface area contributed by atoms with Gasteiger partial charge in [-0.1, -0.05) is 25.6 Å². The van der Waals surface area contributed by atoms with Gasteiger partial charge in [0.25, 0.3) is 0 Å². The van der Waals surface area contributed by atoms with E-state index in [-0.39, 0.29) is 0 Å². The molecule has 0 aliphatic rings. The van der Waals surface area contributed by atoms with Crippen LogP contribution in [0, 0.1) is 6.92 Å². The van der Waals surface area contributed by atoms with Crippen LogP contribution in [0.4, 0.5) is 0 Å². The Morgan fingerprint density at radius 1 is 1.38 bits per heavy atom. The largest absolute Gasteiger partial charge is 0.480 e. The lowest BCUT2D eigenvalue weighted by Gasteiger charge is -2.29. The number of nitrogens with one attached hydrogen (secondary N) is 1. The van der Waals surface area contributed by atoms with Crippen molar-refractivity contribution in [1.29, 1.82) is 0 Å². The highest BCUT2D eigenvalue weighted by Crippen LogP contribution is 2.21. The van der Waals surface area contributed by atoms with Crippen molar-refractivity contribution in [2.45, 2.75) is 57.1 Å². The SMILES string of the molecule is CCCNC(CC)(CCCSc1ncc(C)cn1)C(=O)O. The predicted molar refractivity (Wildman–Crippen MR) is 85.7 cm³/mol. The quantitative estimate of drug-likeness (QED) is 0.393. The number of carbonyl (C=O) groups is 1. The summed E-state index contributed by atoms with van der Waals surface area (Å²) in [5, 5.41) is 13.5. The van der Waals surface area contributed by atoms with Crippen LogP contribution in [0.5, 0.6) is 0 Å². The molecular formula is C15H25N3O2S. The van der Waals surface area contributed by atoms with Crippen molar-refractivity contribution in [2.24, 2.45) is 0 Å². The fourth-order valence-electron chi connectivity index (χ4n) is 2.08. The van der Waals surface area contributed by atoms with E-state index < -0.39 is 11.5 Å². The molecule has 5 nitrogen and oxygen atoms in total. The van der Waals surface area contributed by atoms with Gasteiger partial charge in [0, 0.05) is 18.1 Å². The van der Waals surface area contributed by atoms with Gasteiger partial charge in [0.05, 0.1) is 0 Å². The maximum atomic E-state index is 11.6. The molecule has 0 aliphatic heterocycles. The molecule has 0 fully saturated rings. The van der Waals surface area contributed by atoms with E-state index in [2.05, 4.69) is 15.3 Å². The van der Waals surface area contributed by atoms with Gasteiger partial charge in [-0.15, -0.1) is 0 Å². The van der Waals surface area contributed by atoms with Crippen LogP contribution in [0.2, 0.25) is 0 Å². The number of hydrogen-bond acceptors (Lipinski definition) is 5. The minimum Gasteiger partial charge on any atom is -0.480 e. The molecule has 1 rings (SSSR count). The van der Waals surface area contributed by atoms with E-state index in [1.165, 1.54) is 0 Å². The van der Waals surface area contributed by atoms with Gasteiger partial charge in [-0.3, -0.25) is 4.79 Å². The Bertz CT molecular complexity index is 439. The molecule has 0 bridgehead atoms. The summed E-state index contributed by atoms with van der Waals surface area (Å²) in [7, 11) is 0. The summed E-state index contributed by atoms with van der Waals surface area (Å²) in [6.07, 6.45) is 6.56. The lowest BCUT2D eigenvalue weighted by molar-refractivity contribution is -0.145. The second-order valence-corrected chi connectivity index (χ2v) is 6.22. The van der Waals surface area contributed by atoms with Gasteiger partial charge in [-0.25, -0.2) is 9.97 Å². The highest BCUT2D eigenvalue weighted by atomic mass is 32.2. The van der Waals surface area contributed by atoms with Crippen LogP contribution in [0.3, 0.4) is 0 Å². The number of hydrogen-bond donors (Lipinski definition) is 2. The molecule has 1 aromatic heterocycles. The number of aliphatic carboxylic acids is 1. The van der Waals surface area contributed by atoms with E-state index in [4.69, 9.17) is 0 Å². The summed E-state index contributed by atoms with van der Waals surface area (Å²) in [5.74, 6) is 0.0707. The molecule has 1 aromatic rings. The average Bonchev–Trinajstić information content (AvgIpc) is 2.48. The molecule has 0 saturated carbocycles. The normalized spacial score (nSPS) is 13.9. The number of nitrogens with zero attached hydrogens (tertiary/aromatic N) is 2. The number of thioether (sulfide) groups is 1. The molecule has 0 amide bonds. The van der Waals surface area contributed by atoms with Gasteiger partial charge >= 0.3 is 5.97 Å². The monoisotopic (exact) mass is 311 g/mol. The molecule has 1 atom stereocenters. The van der Waals surface area contributed by atoms with E-state index in [9.17, 15) is 9.90 Å². The Labute approximate surface area is 131 Å². The maximum Gasteiger partial charge on any atom is 0.323 e. The topological polar surface area (TPSA) is 75.1 Å². The molecule has 0 aliphatic carbocycles. The third-order valence-electron chi connectivity index (χ3n) is 3.46. The highest BCUT2D eigenvalue weighted by molar-refractivity contribution is 7.99. The zero-order chi connectivity index (χ0) is 15.7. The van der Waals surface area contributed by atoms with Crippen LogP contribution < -0.4 is 5.32 Å². The standard InChI is InChI=1S/C15H25N3O2S/c1-4-8-18-15(5-2,13(19)20)7-6-9-21-14-16-10-12(3)11-17-14/h10-11,18H,4-9H2,1-3H3,(H,19,20). The van der Waals surface area contributed by atoms with Crippen molar-refractivity contribution in [3.8, 4) is 0 Å². The molecule has 0 radical (unpaired) electrons. The van der Waals surface area contributed by atoms with E-state index in [1.54, 1.807) is 24.2 Å². The molecule has 21 heavy (non-hydrogen) atoms. The van der Waals surface area contributed by atoms with Gasteiger partial charge in [-0.05, 0) is 44.7 Å². The Morgan fingerprint density at radius 3 is 2.57 bits per heavy atom. The number of carboxylic acids is 1. The van der Waals surface area contributed by atoms with Gasteiger partial charge in [0.2, 0.25) is 0 Å². The molecule has 1 heterocycles. The second-order valence-electron chi connectivity index (χ2n) is 5.16. The zero-order valence-electron chi connectivity index (χ0n) is 13.1. The lowest BCUT2D eigenvalue weighted by atomic mass is 9.90. The van der Waals surface area contributed by atoms with Crippen LogP contribution in [-0.2, 0) is 4.79 Å². The van der Waals surface area contributed by atoms with Crippen LogP contribution in [0.25, 0.3) is 0 Å². The lowest BCUT2D eigenvalue weighted by Crippen LogP contribution is -2.52. The Hall–Kier alpha value is -1.14. The van der Waals surface area contributed by atoms with E-state index in [0.717, 1.165) is 35.9 Å². The Kier molecular flexibility index (Phi) is 7.67. The summed E-state index contributed by atoms with van der Waals surface area (Å²) < 4.78 is 0.